The number of H-pyrrole nitrogens is 1. The van der Waals surface area contributed by atoms with Crippen LogP contribution in [-0.4, -0.2) is 70.1 Å². The van der Waals surface area contributed by atoms with E-state index in [0.717, 1.165) is 22.2 Å². The van der Waals surface area contributed by atoms with Gasteiger partial charge in [0.1, 0.15) is 6.17 Å². The molecule has 0 bridgehead atoms. The highest BCUT2D eigenvalue weighted by Gasteiger charge is 2.33. The minimum absolute atomic E-state index is 0.110. The Morgan fingerprint density at radius 3 is 2.79 bits per heavy atom. The molecule has 1 aromatic carbocycles. The van der Waals surface area contributed by atoms with Crippen LogP contribution in [0.5, 0.6) is 0 Å². The summed E-state index contributed by atoms with van der Waals surface area (Å²) in [5.41, 5.74) is 3.76. The van der Waals surface area contributed by atoms with E-state index < -0.39 is 12.1 Å². The van der Waals surface area contributed by atoms with E-state index in [9.17, 15) is 13.6 Å². The SMILES string of the molecule is O=C(NC1CN=CC=N1)c1n[nH]c2ccc(-c3cncc(CN4CCC(F)(F)CC4)c3)cc12. The van der Waals surface area contributed by atoms with Crippen molar-refractivity contribution < 1.29 is 13.6 Å². The van der Waals surface area contributed by atoms with Crippen LogP contribution < -0.4 is 5.32 Å². The van der Waals surface area contributed by atoms with Crippen molar-refractivity contribution in [1.29, 1.82) is 0 Å². The summed E-state index contributed by atoms with van der Waals surface area (Å²) in [7, 11) is 0. The lowest BCUT2D eigenvalue weighted by molar-refractivity contribution is -0.0566. The van der Waals surface area contributed by atoms with E-state index in [2.05, 4.69) is 30.5 Å². The fourth-order valence-corrected chi connectivity index (χ4v) is 4.10. The lowest BCUT2D eigenvalue weighted by Gasteiger charge is -2.31. The number of hydrogen-bond donors (Lipinski definition) is 2. The third-order valence-electron chi connectivity index (χ3n) is 5.91. The van der Waals surface area contributed by atoms with E-state index in [4.69, 9.17) is 0 Å². The van der Waals surface area contributed by atoms with Gasteiger partial charge in [0.25, 0.3) is 11.8 Å². The molecule has 33 heavy (non-hydrogen) atoms. The van der Waals surface area contributed by atoms with Crippen molar-refractivity contribution in [2.24, 2.45) is 9.98 Å². The van der Waals surface area contributed by atoms with Crippen molar-refractivity contribution in [3.8, 4) is 11.1 Å². The van der Waals surface area contributed by atoms with Crippen molar-refractivity contribution >= 4 is 29.2 Å². The Bertz CT molecular complexity index is 1230. The van der Waals surface area contributed by atoms with Crippen LogP contribution in [0.15, 0.2) is 46.6 Å². The molecule has 1 saturated heterocycles. The van der Waals surface area contributed by atoms with Crippen LogP contribution in [0.2, 0.25) is 0 Å². The Kier molecular flexibility index (Phi) is 5.67. The number of piperidine rings is 1. The summed E-state index contributed by atoms with van der Waals surface area (Å²) in [4.78, 5) is 27.4. The van der Waals surface area contributed by atoms with E-state index in [0.29, 0.717) is 31.6 Å². The molecule has 170 valence electrons. The Morgan fingerprint density at radius 2 is 2.00 bits per heavy atom. The first kappa shape index (κ1) is 21.3. The maximum absolute atomic E-state index is 13.4. The fourth-order valence-electron chi connectivity index (χ4n) is 4.10. The second kappa shape index (κ2) is 8.78. The van der Waals surface area contributed by atoms with E-state index >= 15 is 0 Å². The van der Waals surface area contributed by atoms with Gasteiger partial charge in [-0.3, -0.25) is 29.8 Å². The molecule has 1 unspecified atom stereocenters. The van der Waals surface area contributed by atoms with Gasteiger partial charge in [0.2, 0.25) is 0 Å². The van der Waals surface area contributed by atoms with Crippen molar-refractivity contribution in [3.05, 3.63) is 47.9 Å². The van der Waals surface area contributed by atoms with Gasteiger partial charge in [-0.15, -0.1) is 0 Å². The molecular weight excluding hydrogens is 428 g/mol. The number of nitrogens with one attached hydrogen (secondary N) is 2. The van der Waals surface area contributed by atoms with Crippen LogP contribution in [0.1, 0.15) is 28.9 Å². The summed E-state index contributed by atoms with van der Waals surface area (Å²) < 4.78 is 26.9. The molecule has 1 atom stereocenters. The second-order valence-corrected chi connectivity index (χ2v) is 8.35. The van der Waals surface area contributed by atoms with E-state index in [-0.39, 0.29) is 24.4 Å². The van der Waals surface area contributed by atoms with Gasteiger partial charge in [0, 0.05) is 68.2 Å². The first-order chi connectivity index (χ1) is 16.0. The van der Waals surface area contributed by atoms with Gasteiger partial charge in [-0.05, 0) is 29.3 Å². The van der Waals surface area contributed by atoms with Gasteiger partial charge in [0.15, 0.2) is 5.69 Å². The van der Waals surface area contributed by atoms with Crippen molar-refractivity contribution in [2.45, 2.75) is 31.5 Å². The van der Waals surface area contributed by atoms with Crippen LogP contribution in [0.3, 0.4) is 0 Å². The van der Waals surface area contributed by atoms with Gasteiger partial charge in [-0.25, -0.2) is 8.78 Å². The molecule has 2 N–H and O–H groups in total. The number of halogens is 2. The number of aromatic nitrogens is 3. The predicted molar refractivity (Wildman–Crippen MR) is 122 cm³/mol. The average Bonchev–Trinajstić information content (AvgIpc) is 3.25. The lowest BCUT2D eigenvalue weighted by atomic mass is 10.0. The average molecular weight is 451 g/mol. The minimum Gasteiger partial charge on any atom is -0.327 e. The van der Waals surface area contributed by atoms with Crippen LogP contribution in [0.25, 0.3) is 22.0 Å². The van der Waals surface area contributed by atoms with Crippen LogP contribution in [0, 0.1) is 0 Å². The molecule has 0 spiro atoms. The normalized spacial score (nSPS) is 20.2. The highest BCUT2D eigenvalue weighted by atomic mass is 19.3. The van der Waals surface area contributed by atoms with Gasteiger partial charge in [-0.2, -0.15) is 5.10 Å². The number of carbonyl (C=O) groups is 1. The quantitative estimate of drug-likeness (QED) is 0.623. The third-order valence-corrected chi connectivity index (χ3v) is 5.91. The molecule has 1 amide bonds. The molecule has 3 aromatic rings. The predicted octanol–water partition coefficient (Wildman–Crippen LogP) is 3.07. The summed E-state index contributed by atoms with van der Waals surface area (Å²) in [5.74, 6) is -2.89. The lowest BCUT2D eigenvalue weighted by Crippen LogP contribution is -2.38. The molecule has 2 aliphatic rings. The van der Waals surface area contributed by atoms with Gasteiger partial charge >= 0.3 is 0 Å². The van der Waals surface area contributed by atoms with Crippen molar-refractivity contribution in [3.63, 3.8) is 0 Å². The molecule has 10 heteroatoms. The summed E-state index contributed by atoms with van der Waals surface area (Å²) >= 11 is 0. The topological polar surface area (TPSA) is 98.6 Å². The molecule has 4 heterocycles. The summed E-state index contributed by atoms with van der Waals surface area (Å²) in [6.45, 7) is 1.70. The number of aliphatic imine (C=N–C) groups is 2. The largest absolute Gasteiger partial charge is 0.327 e. The molecule has 5 rings (SSSR count). The smallest absolute Gasteiger partial charge is 0.274 e. The number of alkyl halides is 2. The van der Waals surface area contributed by atoms with Gasteiger partial charge < -0.3 is 5.32 Å². The Balaban J connectivity index is 1.35. The number of amides is 1. The highest BCUT2D eigenvalue weighted by Crippen LogP contribution is 2.29. The van der Waals surface area contributed by atoms with Crippen molar-refractivity contribution in [1.82, 2.24) is 25.4 Å². The summed E-state index contributed by atoms with van der Waals surface area (Å²) in [5, 5.41) is 10.6. The van der Waals surface area contributed by atoms with E-state index in [1.165, 1.54) is 0 Å². The number of rotatable bonds is 5. The number of carbonyl (C=O) groups excluding carboxylic acids is 1. The monoisotopic (exact) mass is 451 g/mol. The number of likely N-dealkylation sites (tertiary alicyclic amines) is 1. The van der Waals surface area contributed by atoms with Crippen molar-refractivity contribution in [2.75, 3.05) is 19.6 Å². The first-order valence-corrected chi connectivity index (χ1v) is 10.8. The minimum atomic E-state index is -2.56. The molecule has 0 radical (unpaired) electrons. The Hall–Kier alpha value is -3.53. The number of fused-ring (bicyclic) bond motifs is 1. The molecule has 2 aliphatic heterocycles. The number of pyridine rings is 1. The maximum atomic E-state index is 13.4. The second-order valence-electron chi connectivity index (χ2n) is 8.35. The number of hydrogen-bond acceptors (Lipinski definition) is 6. The zero-order valence-corrected chi connectivity index (χ0v) is 17.8. The van der Waals surface area contributed by atoms with Crippen LogP contribution in [0.4, 0.5) is 8.78 Å². The van der Waals surface area contributed by atoms with Gasteiger partial charge in [0.05, 0.1) is 12.1 Å². The molecular formula is C23H23F2N7O. The zero-order chi connectivity index (χ0) is 22.8. The number of nitrogens with zero attached hydrogens (tertiary/aromatic N) is 5. The molecule has 0 saturated carbocycles. The molecule has 8 nitrogen and oxygen atoms in total. The van der Waals surface area contributed by atoms with Crippen LogP contribution in [-0.2, 0) is 6.54 Å². The number of benzene rings is 1. The molecule has 1 fully saturated rings. The Morgan fingerprint density at radius 1 is 1.15 bits per heavy atom. The highest BCUT2D eigenvalue weighted by molar-refractivity contribution is 6.16. The first-order valence-electron chi connectivity index (χ1n) is 10.8. The third kappa shape index (κ3) is 4.80. The molecule has 0 aliphatic carbocycles. The standard InChI is InChI=1S/C23H23F2N7O/c24-23(25)3-7-32(8-4-23)14-15-9-17(12-27-11-15)16-1-2-19-18(10-16)21(31-30-19)22(33)29-20-13-26-5-6-28-20/h1-2,5-6,9-12,20H,3-4,7-8,13-14H2,(H,29,33)(H,30,31). The summed E-state index contributed by atoms with van der Waals surface area (Å²) in [6, 6.07) is 7.72. The zero-order valence-electron chi connectivity index (χ0n) is 17.8. The molecule has 2 aromatic heterocycles. The van der Waals surface area contributed by atoms with E-state index in [1.54, 1.807) is 24.8 Å². The van der Waals surface area contributed by atoms with E-state index in [1.807, 2.05) is 29.2 Å². The fraction of sp³-hybridized carbons (Fsp3) is 0.348. The number of aromatic amines is 1. The summed E-state index contributed by atoms with van der Waals surface area (Å²) in [6.07, 6.45) is 6.04. The van der Waals surface area contributed by atoms with Crippen LogP contribution >= 0.6 is 0 Å². The van der Waals surface area contributed by atoms with Gasteiger partial charge in [-0.1, -0.05) is 6.07 Å². The maximum Gasteiger partial charge on any atom is 0.274 e. The Labute approximate surface area is 188 Å².